The number of allylic oxidation sites excluding steroid dienone is 5. The third-order valence-corrected chi connectivity index (χ3v) is 17.0. The van der Waals surface area contributed by atoms with Crippen molar-refractivity contribution in [3.8, 4) is 5.75 Å². The lowest BCUT2D eigenvalue weighted by atomic mass is 9.69. The van der Waals surface area contributed by atoms with Crippen LogP contribution >= 0.6 is 0 Å². The molecule has 4 amide bonds. The van der Waals surface area contributed by atoms with Gasteiger partial charge in [0.05, 0.1) is 42.5 Å². The van der Waals surface area contributed by atoms with E-state index < -0.39 is 108 Å². The van der Waals surface area contributed by atoms with E-state index in [0.29, 0.717) is 49.7 Å². The number of phenolic OH excluding ortho intramolecular Hbond substituents is 1. The van der Waals surface area contributed by atoms with Crippen LogP contribution < -0.4 is 21.4 Å². The Bertz CT molecular complexity index is 2290. The summed E-state index contributed by atoms with van der Waals surface area (Å²) in [6.45, 7) is 18.6. The normalized spacial score (nSPS) is 34.6. The minimum absolute atomic E-state index is 0.0235. The topological polar surface area (TPSA) is 277 Å². The van der Waals surface area contributed by atoms with E-state index in [-0.39, 0.29) is 73.5 Å². The highest BCUT2D eigenvalue weighted by atomic mass is 16.5. The number of ether oxygens (including phenoxy) is 2. The lowest BCUT2D eigenvalue weighted by molar-refractivity contribution is -0.267. The van der Waals surface area contributed by atoms with Gasteiger partial charge in [0.1, 0.15) is 35.7 Å². The Morgan fingerprint density at radius 1 is 0.923 bits per heavy atom. The number of hydrazine groups is 1. The standard InChI is InChI=1S/C60H93N5O13/c1-11-43-30-37(6)60(63-55(43)72)41(10)53(70)40(9)51(78-60)33-49(69)35(4)20-14-12-15-21-36(5)50-26-17-13-16-25-48(68)39(8)54(71)45(28-27-38(7)66)56(73)62-52(34(2)3)57(74)61-47(32-42-22-18-23-44(67)31-42)58(75)65-29-19-24-46(64-65)59(76)77-50/h12-13,15-18,21-23,25,31,34-35,37-41,43,45-54,64,66-71H,11,14,19-20,24,26-30,32-33H2,1-10H3,(H,61,74)(H,62,73)(H,63,72)/t35-,37-,38?,39-,40-,41-,43-,45+,46-,47-,48+,49-,50-,51-,52-,53-,54+,60+/m0/s1. The number of esters is 1. The number of aliphatic hydroxyl groups excluding tert-OH is 5. The molecule has 3 fully saturated rings. The van der Waals surface area contributed by atoms with Crippen molar-refractivity contribution in [2.24, 2.45) is 47.3 Å². The summed E-state index contributed by atoms with van der Waals surface area (Å²) in [5, 5.41) is 76.4. The molecule has 10 N–H and O–H groups in total. The highest BCUT2D eigenvalue weighted by Gasteiger charge is 2.57. The van der Waals surface area contributed by atoms with Crippen LogP contribution in [0, 0.1) is 47.3 Å². The Hall–Kier alpha value is -4.95. The summed E-state index contributed by atoms with van der Waals surface area (Å²) in [6.07, 6.45) is 10.3. The number of benzene rings is 1. The lowest BCUT2D eigenvalue weighted by Crippen LogP contribution is -2.71. The van der Waals surface area contributed by atoms with Crippen molar-refractivity contribution in [1.29, 1.82) is 0 Å². The Kier molecular flexibility index (Phi) is 24.2. The van der Waals surface area contributed by atoms with Gasteiger partial charge < -0.3 is 56.1 Å². The molecule has 1 spiro atoms. The molecule has 0 aliphatic carbocycles. The van der Waals surface area contributed by atoms with Gasteiger partial charge in [-0.2, -0.15) is 0 Å². The molecule has 1 aromatic rings. The third-order valence-electron chi connectivity index (χ3n) is 17.0. The molecule has 436 valence electrons. The first-order valence-corrected chi connectivity index (χ1v) is 28.6. The molecule has 2 bridgehead atoms. The summed E-state index contributed by atoms with van der Waals surface area (Å²) in [6, 6.07) is 2.97. The minimum Gasteiger partial charge on any atom is -0.508 e. The minimum atomic E-state index is -1.39. The van der Waals surface area contributed by atoms with Crippen LogP contribution in [-0.2, 0) is 39.9 Å². The Balaban J connectivity index is 1.35. The number of nitrogens with one attached hydrogen (secondary N) is 4. The first-order chi connectivity index (χ1) is 36.9. The highest BCUT2D eigenvalue weighted by molar-refractivity contribution is 5.93. The fourth-order valence-corrected chi connectivity index (χ4v) is 11.4. The van der Waals surface area contributed by atoms with Gasteiger partial charge in [-0.15, -0.1) is 0 Å². The maximum atomic E-state index is 14.5. The van der Waals surface area contributed by atoms with E-state index in [1.54, 1.807) is 58.1 Å². The van der Waals surface area contributed by atoms with Gasteiger partial charge in [-0.05, 0) is 100 Å². The second kappa shape index (κ2) is 29.5. The second-order valence-corrected chi connectivity index (χ2v) is 23.3. The SMILES string of the molecule is CC[C@H]1C[C@H](C)[C@@]2(NC1=O)O[C@@H](C[C@H](O)[C@@H](C)CCC=CC=C(C)[C@@H]1CC=CC=C[C@@H](O)[C@H](C)[C@@H](O)[C@@H](CCC(C)O)C(=O)N[C@@H](C(C)C)C(=O)N[C@@H](Cc3cccc(O)c3)C(=O)N3CCC[C@H](N3)C(=O)O1)[C@H](C)[C@H](O)[C@@H]2C. The van der Waals surface area contributed by atoms with Crippen LogP contribution in [0.3, 0.4) is 0 Å². The zero-order valence-corrected chi connectivity index (χ0v) is 47.7. The number of fused-ring (bicyclic) bond motifs is 2. The Morgan fingerprint density at radius 3 is 2.33 bits per heavy atom. The molecule has 18 nitrogen and oxygen atoms in total. The van der Waals surface area contributed by atoms with Crippen LogP contribution in [0.4, 0.5) is 0 Å². The maximum Gasteiger partial charge on any atom is 0.325 e. The van der Waals surface area contributed by atoms with Crippen molar-refractivity contribution in [3.05, 3.63) is 77.9 Å². The molecule has 0 saturated carbocycles. The van der Waals surface area contributed by atoms with E-state index in [0.717, 1.165) is 6.42 Å². The van der Waals surface area contributed by atoms with E-state index in [2.05, 4.69) is 28.3 Å². The quantitative estimate of drug-likeness (QED) is 0.0799. The molecule has 4 aliphatic heterocycles. The Labute approximate surface area is 462 Å². The van der Waals surface area contributed by atoms with E-state index in [4.69, 9.17) is 9.47 Å². The number of carbonyl (C=O) groups is 5. The molecule has 0 aromatic heterocycles. The summed E-state index contributed by atoms with van der Waals surface area (Å²) in [7, 11) is 0. The molecule has 1 unspecified atom stereocenters. The number of piperidine rings is 1. The van der Waals surface area contributed by atoms with Gasteiger partial charge in [-0.3, -0.25) is 29.0 Å². The summed E-state index contributed by atoms with van der Waals surface area (Å²) >= 11 is 0. The molecule has 18 heteroatoms. The van der Waals surface area contributed by atoms with Crippen molar-refractivity contribution < 1.29 is 64.1 Å². The molecule has 4 aliphatic rings. The van der Waals surface area contributed by atoms with Gasteiger partial charge in [0.15, 0.2) is 0 Å². The molecular weight excluding hydrogens is 999 g/mol. The first kappa shape index (κ1) is 63.9. The van der Waals surface area contributed by atoms with Crippen LogP contribution in [0.15, 0.2) is 72.4 Å². The average Bonchev–Trinajstić information content (AvgIpc) is 3.51. The number of hydrogen-bond donors (Lipinski definition) is 10. The fraction of sp³-hybridized carbons (Fsp3) is 0.683. The van der Waals surface area contributed by atoms with Gasteiger partial charge in [0.25, 0.3) is 5.91 Å². The predicted octanol–water partition coefficient (Wildman–Crippen LogP) is 5.20. The largest absolute Gasteiger partial charge is 0.508 e. The van der Waals surface area contributed by atoms with E-state index in [9.17, 15) is 54.6 Å². The van der Waals surface area contributed by atoms with Crippen LogP contribution in [0.1, 0.15) is 139 Å². The molecule has 4 heterocycles. The summed E-state index contributed by atoms with van der Waals surface area (Å²) < 4.78 is 12.9. The zero-order chi connectivity index (χ0) is 57.6. The van der Waals surface area contributed by atoms with Crippen molar-refractivity contribution in [2.45, 2.75) is 206 Å². The van der Waals surface area contributed by atoms with E-state index >= 15 is 0 Å². The average molecular weight is 1090 g/mol. The monoisotopic (exact) mass is 1090 g/mol. The number of nitrogens with zero attached hydrogens (tertiary/aromatic N) is 1. The Morgan fingerprint density at radius 2 is 1.65 bits per heavy atom. The van der Waals surface area contributed by atoms with Gasteiger partial charge in [0, 0.05) is 55.4 Å². The highest BCUT2D eigenvalue weighted by Crippen LogP contribution is 2.46. The van der Waals surface area contributed by atoms with Gasteiger partial charge in [0.2, 0.25) is 17.7 Å². The van der Waals surface area contributed by atoms with Crippen LogP contribution in [-0.4, -0.2) is 138 Å². The van der Waals surface area contributed by atoms with Crippen molar-refractivity contribution >= 4 is 29.6 Å². The molecule has 1 aromatic carbocycles. The molecular formula is C60H93N5O13. The maximum absolute atomic E-state index is 14.5. The summed E-state index contributed by atoms with van der Waals surface area (Å²) in [5.41, 5.74) is 3.29. The van der Waals surface area contributed by atoms with Gasteiger partial charge in [-0.25, -0.2) is 5.43 Å². The number of aromatic hydroxyl groups is 1. The molecule has 18 atom stereocenters. The van der Waals surface area contributed by atoms with Crippen molar-refractivity contribution in [2.75, 3.05) is 6.54 Å². The van der Waals surface area contributed by atoms with E-state index in [1.807, 2.05) is 52.8 Å². The summed E-state index contributed by atoms with van der Waals surface area (Å²) in [4.78, 5) is 70.1. The van der Waals surface area contributed by atoms with Crippen LogP contribution in [0.2, 0.25) is 0 Å². The lowest BCUT2D eigenvalue weighted by Gasteiger charge is -2.56. The number of cyclic esters (lactones) is 1. The predicted molar refractivity (Wildman–Crippen MR) is 296 cm³/mol. The number of phenols is 1. The van der Waals surface area contributed by atoms with Gasteiger partial charge >= 0.3 is 5.97 Å². The second-order valence-electron chi connectivity index (χ2n) is 23.3. The molecule has 3 saturated heterocycles. The number of aliphatic hydroxyl groups is 5. The first-order valence-electron chi connectivity index (χ1n) is 28.6. The van der Waals surface area contributed by atoms with Crippen LogP contribution in [0.5, 0.6) is 5.75 Å². The summed E-state index contributed by atoms with van der Waals surface area (Å²) in [5.74, 6) is -5.92. The molecule has 0 radical (unpaired) electrons. The van der Waals surface area contributed by atoms with Gasteiger partial charge in [-0.1, -0.05) is 110 Å². The zero-order valence-electron chi connectivity index (χ0n) is 47.7. The smallest absolute Gasteiger partial charge is 0.325 e. The number of amides is 4. The van der Waals surface area contributed by atoms with Crippen LogP contribution in [0.25, 0.3) is 0 Å². The fourth-order valence-electron chi connectivity index (χ4n) is 11.4. The van der Waals surface area contributed by atoms with Crippen molar-refractivity contribution in [3.63, 3.8) is 0 Å². The molecule has 5 rings (SSSR count). The number of carbonyl (C=O) groups excluding carboxylic acids is 5. The molecule has 78 heavy (non-hydrogen) atoms. The third kappa shape index (κ3) is 16.8. The van der Waals surface area contributed by atoms with Crippen molar-refractivity contribution in [1.82, 2.24) is 26.4 Å². The number of rotatable bonds is 15. The number of hydrogen-bond acceptors (Lipinski definition) is 14. The van der Waals surface area contributed by atoms with E-state index in [1.165, 1.54) is 23.2 Å².